The van der Waals surface area contributed by atoms with Crippen molar-refractivity contribution in [3.05, 3.63) is 47.0 Å². The first-order valence-electron chi connectivity index (χ1n) is 8.97. The van der Waals surface area contributed by atoms with Gasteiger partial charge >= 0.3 is 5.97 Å². The Morgan fingerprint density at radius 3 is 2.61 bits per heavy atom. The number of esters is 1. The lowest BCUT2D eigenvalue weighted by molar-refractivity contribution is 0.0526. The van der Waals surface area contributed by atoms with Gasteiger partial charge in [-0.15, -0.1) is 11.8 Å². The lowest BCUT2D eigenvalue weighted by Gasteiger charge is -2.16. The fraction of sp³-hybridized carbons (Fsp3) is 0.350. The van der Waals surface area contributed by atoms with E-state index in [4.69, 9.17) is 14.9 Å². The third-order valence-corrected chi connectivity index (χ3v) is 5.05. The highest BCUT2D eigenvalue weighted by molar-refractivity contribution is 7.98. The van der Waals surface area contributed by atoms with E-state index in [1.54, 1.807) is 25.6 Å². The zero-order chi connectivity index (χ0) is 20.3. The highest BCUT2D eigenvalue weighted by Gasteiger charge is 2.24. The minimum atomic E-state index is -0.479. The summed E-state index contributed by atoms with van der Waals surface area (Å²) >= 11 is 1.72. The molecule has 8 heteroatoms. The number of carbonyl (C=O) groups excluding carboxylic acids is 1. The Hall–Kier alpha value is -2.58. The molecule has 0 amide bonds. The maximum atomic E-state index is 12.2. The molecule has 3 aromatic rings. The summed E-state index contributed by atoms with van der Waals surface area (Å²) < 4.78 is 10.7. The van der Waals surface area contributed by atoms with Gasteiger partial charge in [0.1, 0.15) is 23.0 Å². The average molecular weight is 401 g/mol. The van der Waals surface area contributed by atoms with Gasteiger partial charge in [-0.2, -0.15) is 4.98 Å². The van der Waals surface area contributed by atoms with Crippen molar-refractivity contribution in [2.24, 2.45) is 0 Å². The Morgan fingerprint density at radius 1 is 1.25 bits per heavy atom. The Morgan fingerprint density at radius 2 is 1.96 bits per heavy atom. The highest BCUT2D eigenvalue weighted by Crippen LogP contribution is 2.29. The maximum absolute atomic E-state index is 12.2. The molecular formula is C20H24N4O3S. The molecule has 0 spiro atoms. The van der Waals surface area contributed by atoms with E-state index in [1.165, 1.54) is 10.5 Å². The van der Waals surface area contributed by atoms with E-state index in [0.29, 0.717) is 34.8 Å². The van der Waals surface area contributed by atoms with Crippen LogP contribution in [0.3, 0.4) is 0 Å². The van der Waals surface area contributed by atoms with Crippen LogP contribution in [-0.2, 0) is 17.8 Å². The largest absolute Gasteiger partial charge is 0.462 e. The van der Waals surface area contributed by atoms with Gasteiger partial charge in [0.05, 0.1) is 18.5 Å². The summed E-state index contributed by atoms with van der Waals surface area (Å²) in [5.41, 5.74) is 7.93. The molecule has 2 heterocycles. The Kier molecular flexibility index (Phi) is 6.21. The van der Waals surface area contributed by atoms with Gasteiger partial charge in [-0.3, -0.25) is 4.90 Å². The van der Waals surface area contributed by atoms with Crippen LogP contribution in [0.15, 0.2) is 33.6 Å². The van der Waals surface area contributed by atoms with E-state index in [-0.39, 0.29) is 12.4 Å². The number of hydrogen-bond acceptors (Lipinski definition) is 8. The number of thioether (sulfide) groups is 1. The second-order valence-electron chi connectivity index (χ2n) is 6.48. The van der Waals surface area contributed by atoms with Gasteiger partial charge in [0, 0.05) is 11.4 Å². The molecule has 0 fully saturated rings. The number of benzene rings is 1. The van der Waals surface area contributed by atoms with E-state index >= 15 is 0 Å². The number of hydrogen-bond donors (Lipinski definition) is 1. The van der Waals surface area contributed by atoms with Crippen LogP contribution in [0.25, 0.3) is 11.1 Å². The van der Waals surface area contributed by atoms with Crippen molar-refractivity contribution in [2.45, 2.75) is 31.8 Å². The fourth-order valence-corrected chi connectivity index (χ4v) is 3.45. The van der Waals surface area contributed by atoms with E-state index in [9.17, 15) is 4.79 Å². The molecule has 148 valence electrons. The molecule has 1 aromatic carbocycles. The van der Waals surface area contributed by atoms with Gasteiger partial charge in [0.25, 0.3) is 0 Å². The van der Waals surface area contributed by atoms with Crippen LogP contribution >= 0.6 is 11.8 Å². The van der Waals surface area contributed by atoms with Crippen LogP contribution in [0, 0.1) is 6.92 Å². The van der Waals surface area contributed by atoms with E-state index in [0.717, 1.165) is 6.54 Å². The monoisotopic (exact) mass is 400 g/mol. The van der Waals surface area contributed by atoms with Gasteiger partial charge in [-0.25, -0.2) is 9.78 Å². The van der Waals surface area contributed by atoms with Crippen LogP contribution < -0.4 is 5.73 Å². The molecule has 3 rings (SSSR count). The number of rotatable bonds is 7. The molecule has 0 atom stereocenters. The fourth-order valence-electron chi connectivity index (χ4n) is 3.04. The second-order valence-corrected chi connectivity index (χ2v) is 7.36. The summed E-state index contributed by atoms with van der Waals surface area (Å²) in [7, 11) is 1.99. The summed E-state index contributed by atoms with van der Waals surface area (Å²) in [5.74, 6) is 0.705. The minimum Gasteiger partial charge on any atom is -0.462 e. The number of furan rings is 1. The molecular weight excluding hydrogens is 376 g/mol. The quantitative estimate of drug-likeness (QED) is 0.474. The first kappa shape index (κ1) is 20.2. The van der Waals surface area contributed by atoms with Crippen LogP contribution in [0.2, 0.25) is 0 Å². The molecule has 0 aliphatic rings. The van der Waals surface area contributed by atoms with E-state index < -0.39 is 5.97 Å². The number of nitrogens with zero attached hydrogens (tertiary/aromatic N) is 3. The minimum absolute atomic E-state index is 0.220. The predicted molar refractivity (Wildman–Crippen MR) is 110 cm³/mol. The third kappa shape index (κ3) is 4.28. The van der Waals surface area contributed by atoms with Gasteiger partial charge in [0.2, 0.25) is 5.71 Å². The SMILES string of the molecule is CCOC(=O)c1c(C)oc2nc(CN(C)Cc3ccc(SC)cc3)nc(N)c12. The first-order chi connectivity index (χ1) is 13.4. The van der Waals surface area contributed by atoms with Crippen molar-refractivity contribution < 1.29 is 13.9 Å². The molecule has 7 nitrogen and oxygen atoms in total. The number of ether oxygens (including phenoxy) is 1. The third-order valence-electron chi connectivity index (χ3n) is 4.30. The van der Waals surface area contributed by atoms with Gasteiger partial charge in [0.15, 0.2) is 0 Å². The van der Waals surface area contributed by atoms with Crippen LogP contribution in [-0.4, -0.2) is 40.7 Å². The van der Waals surface area contributed by atoms with E-state index in [2.05, 4.69) is 45.4 Å². The van der Waals surface area contributed by atoms with Crippen LogP contribution in [0.5, 0.6) is 0 Å². The Balaban J connectivity index is 1.80. The topological polar surface area (TPSA) is 94.5 Å². The predicted octanol–water partition coefficient (Wildman–Crippen LogP) is 3.64. The Bertz CT molecular complexity index is 985. The van der Waals surface area contributed by atoms with Gasteiger partial charge < -0.3 is 14.9 Å². The number of anilines is 1. The number of carbonyl (C=O) groups is 1. The molecule has 2 N–H and O–H groups in total. The van der Waals surface area contributed by atoms with Gasteiger partial charge in [-0.05, 0) is 44.8 Å². The Labute approximate surface area is 168 Å². The smallest absolute Gasteiger partial charge is 0.342 e. The summed E-state index contributed by atoms with van der Waals surface area (Å²) in [6.07, 6.45) is 2.06. The number of aromatic nitrogens is 2. The summed E-state index contributed by atoms with van der Waals surface area (Å²) in [6, 6.07) is 8.44. The lowest BCUT2D eigenvalue weighted by atomic mass is 10.2. The number of aryl methyl sites for hydroxylation is 1. The summed E-state index contributed by atoms with van der Waals surface area (Å²) in [6.45, 7) is 4.96. The van der Waals surface area contributed by atoms with Crippen molar-refractivity contribution >= 4 is 34.6 Å². The van der Waals surface area contributed by atoms with Crippen LogP contribution in [0.1, 0.15) is 34.4 Å². The van der Waals surface area contributed by atoms with Crippen molar-refractivity contribution in [3.63, 3.8) is 0 Å². The molecule has 28 heavy (non-hydrogen) atoms. The molecule has 0 saturated carbocycles. The summed E-state index contributed by atoms with van der Waals surface area (Å²) in [4.78, 5) is 24.4. The van der Waals surface area contributed by atoms with Crippen molar-refractivity contribution in [1.29, 1.82) is 0 Å². The molecule has 0 aliphatic heterocycles. The summed E-state index contributed by atoms with van der Waals surface area (Å²) in [5, 5.41) is 0.412. The number of nitrogen functional groups attached to an aromatic ring is 1. The molecule has 0 bridgehead atoms. The van der Waals surface area contributed by atoms with Crippen LogP contribution in [0.4, 0.5) is 5.82 Å². The molecule has 2 aromatic heterocycles. The molecule has 0 unspecified atom stereocenters. The highest BCUT2D eigenvalue weighted by atomic mass is 32.2. The molecule has 0 saturated heterocycles. The van der Waals surface area contributed by atoms with Crippen molar-refractivity contribution in [3.8, 4) is 0 Å². The standard InChI is InChI=1S/C20H24N4O3S/c1-5-26-20(25)16-12(2)27-19-17(16)18(21)22-15(23-19)11-24(3)10-13-6-8-14(28-4)9-7-13/h6-9H,5,10-11H2,1-4H3,(H2,21,22,23). The maximum Gasteiger partial charge on any atom is 0.342 e. The average Bonchev–Trinajstić information content (AvgIpc) is 2.99. The zero-order valence-electron chi connectivity index (χ0n) is 16.5. The molecule has 0 radical (unpaired) electrons. The zero-order valence-corrected chi connectivity index (χ0v) is 17.3. The van der Waals surface area contributed by atoms with Crippen molar-refractivity contribution in [1.82, 2.24) is 14.9 Å². The van der Waals surface area contributed by atoms with E-state index in [1.807, 2.05) is 7.05 Å². The first-order valence-corrected chi connectivity index (χ1v) is 10.2. The van der Waals surface area contributed by atoms with Crippen molar-refractivity contribution in [2.75, 3.05) is 25.6 Å². The van der Waals surface area contributed by atoms with Gasteiger partial charge in [-0.1, -0.05) is 12.1 Å². The molecule has 0 aliphatic carbocycles. The second kappa shape index (κ2) is 8.62. The normalized spacial score (nSPS) is 11.3. The lowest BCUT2D eigenvalue weighted by Crippen LogP contribution is -2.19. The number of fused-ring (bicyclic) bond motifs is 1. The number of nitrogens with two attached hydrogens (primary N) is 1.